The quantitative estimate of drug-likeness (QED) is 0.232. The number of methoxy groups -OCH3 is 1. The molecule has 1 saturated heterocycles. The van der Waals surface area contributed by atoms with E-state index >= 15 is 0 Å². The topological polar surface area (TPSA) is 142 Å². The highest BCUT2D eigenvalue weighted by Gasteiger charge is 2.67. The maximum atomic E-state index is 13.0. The number of thioether (sulfide) groups is 1. The molecule has 0 unspecified atom stereocenters. The second-order valence-electron chi connectivity index (χ2n) is 6.74. The van der Waals surface area contributed by atoms with Crippen LogP contribution in [0.15, 0.2) is 41.3 Å². The summed E-state index contributed by atoms with van der Waals surface area (Å²) in [6.45, 7) is 0.823. The van der Waals surface area contributed by atoms with Crippen molar-refractivity contribution in [2.24, 2.45) is 0 Å². The number of β-lactam (4-membered cyclic amide) rings is 1. The highest BCUT2D eigenvalue weighted by molar-refractivity contribution is 8.00. The summed E-state index contributed by atoms with van der Waals surface area (Å²) in [4.78, 5) is 57.1. The van der Waals surface area contributed by atoms with E-state index < -0.39 is 41.9 Å². The Morgan fingerprint density at radius 2 is 2.00 bits per heavy atom. The van der Waals surface area contributed by atoms with Crippen LogP contribution in [0.5, 0.6) is 0 Å². The molecule has 1 aromatic rings. The van der Waals surface area contributed by atoms with Gasteiger partial charge in [-0.25, -0.2) is 0 Å². The number of nitrogens with zero attached hydrogens (tertiary/aromatic N) is 1. The molecule has 1 aromatic carbocycles. The summed E-state index contributed by atoms with van der Waals surface area (Å²) in [5, 5.41) is 1.70. The lowest BCUT2D eigenvalue weighted by Gasteiger charge is -2.56. The molecule has 12 heteroatoms. The Morgan fingerprint density at radius 3 is 2.57 bits per heavy atom. The lowest BCUT2D eigenvalue weighted by atomic mass is 10.0. The summed E-state index contributed by atoms with van der Waals surface area (Å²) in [6.07, 6.45) is 0.00943. The number of rotatable bonds is 7. The summed E-state index contributed by atoms with van der Waals surface area (Å²) < 4.78 is 22.3. The summed E-state index contributed by atoms with van der Waals surface area (Å²) in [7, 11) is -3.64. The van der Waals surface area contributed by atoms with E-state index in [0.29, 0.717) is 0 Å². The molecular formula is C18H21N2O8PS. The maximum absolute atomic E-state index is 13.0. The normalized spacial score (nSPS) is 23.5. The van der Waals surface area contributed by atoms with Crippen LogP contribution in [0.1, 0.15) is 12.5 Å². The molecule has 3 rings (SSSR count). The van der Waals surface area contributed by atoms with Crippen molar-refractivity contribution >= 4 is 37.1 Å². The molecule has 0 bridgehead atoms. The second-order valence-corrected chi connectivity index (χ2v) is 9.32. The molecule has 30 heavy (non-hydrogen) atoms. The number of carbonyl (C=O) groups excluding carboxylic acids is 3. The van der Waals surface area contributed by atoms with Gasteiger partial charge in [-0.15, -0.1) is 11.8 Å². The molecule has 2 amide bonds. The fourth-order valence-electron chi connectivity index (χ4n) is 3.35. The Balaban J connectivity index is 1.85. The van der Waals surface area contributed by atoms with Crippen molar-refractivity contribution in [3.05, 3.63) is 46.9 Å². The summed E-state index contributed by atoms with van der Waals surface area (Å²) >= 11 is 1.15. The standard InChI is InChI=1S/C18H21N2O8PS/c1-11(21)28-9-13-10-30-17-18(27-2,16(23)20(17)15(13)29(24,25)26)19-14(22)8-12-6-4-3-5-7-12/h3-7,17H,8-10H2,1-2H3,(H,19,22)(H2,24,25,26)/t17-,18+/m1/s1. The fourth-order valence-corrected chi connectivity index (χ4v) is 6.00. The van der Waals surface area contributed by atoms with E-state index in [4.69, 9.17) is 9.47 Å². The highest BCUT2D eigenvalue weighted by atomic mass is 32.2. The minimum atomic E-state index is -4.88. The molecule has 2 atom stereocenters. The minimum Gasteiger partial charge on any atom is -0.461 e. The van der Waals surface area contributed by atoms with E-state index in [1.807, 2.05) is 6.07 Å². The van der Waals surface area contributed by atoms with Crippen LogP contribution in [0.25, 0.3) is 0 Å². The van der Waals surface area contributed by atoms with Gasteiger partial charge in [-0.3, -0.25) is 23.8 Å². The summed E-state index contributed by atoms with van der Waals surface area (Å²) in [5.74, 6) is -1.80. The molecule has 3 N–H and O–H groups in total. The van der Waals surface area contributed by atoms with Gasteiger partial charge in [-0.1, -0.05) is 30.3 Å². The Bertz CT molecular complexity index is 947. The average molecular weight is 456 g/mol. The van der Waals surface area contributed by atoms with Gasteiger partial charge in [0.05, 0.1) is 6.42 Å². The van der Waals surface area contributed by atoms with E-state index in [1.165, 1.54) is 14.0 Å². The van der Waals surface area contributed by atoms with Crippen molar-refractivity contribution < 1.29 is 38.2 Å². The number of nitrogens with one attached hydrogen (secondary N) is 1. The lowest BCUT2D eigenvalue weighted by molar-refractivity contribution is -0.190. The SMILES string of the molecule is CO[C@@]1(NC(=O)Cc2ccccc2)C(=O)N2C(P(=O)(O)O)=C(COC(C)=O)CS[C@@H]21. The van der Waals surface area contributed by atoms with Crippen molar-refractivity contribution in [3.8, 4) is 0 Å². The van der Waals surface area contributed by atoms with Crippen molar-refractivity contribution in [3.63, 3.8) is 0 Å². The van der Waals surface area contributed by atoms with E-state index in [0.717, 1.165) is 22.2 Å². The molecule has 2 aliphatic heterocycles. The first-order valence-electron chi connectivity index (χ1n) is 8.87. The van der Waals surface area contributed by atoms with E-state index in [1.54, 1.807) is 24.3 Å². The Morgan fingerprint density at radius 1 is 1.33 bits per heavy atom. The first-order valence-corrected chi connectivity index (χ1v) is 11.5. The van der Waals surface area contributed by atoms with Crippen LogP contribution in [0.2, 0.25) is 0 Å². The smallest absolute Gasteiger partial charge is 0.372 e. The molecular weight excluding hydrogens is 435 g/mol. The van der Waals surface area contributed by atoms with Crippen molar-refractivity contribution in [1.29, 1.82) is 0 Å². The van der Waals surface area contributed by atoms with Crippen LogP contribution < -0.4 is 5.32 Å². The van der Waals surface area contributed by atoms with E-state index in [9.17, 15) is 28.7 Å². The van der Waals surface area contributed by atoms with Crippen LogP contribution in [0.3, 0.4) is 0 Å². The molecule has 0 aromatic heterocycles. The monoisotopic (exact) mass is 456 g/mol. The van der Waals surface area contributed by atoms with Gasteiger partial charge < -0.3 is 24.6 Å². The number of esters is 1. The zero-order valence-corrected chi connectivity index (χ0v) is 17.9. The molecule has 2 aliphatic rings. The summed E-state index contributed by atoms with van der Waals surface area (Å²) in [6, 6.07) is 8.90. The molecule has 0 aliphatic carbocycles. The predicted octanol–water partition coefficient (Wildman–Crippen LogP) is 0.555. The number of amides is 2. The van der Waals surface area contributed by atoms with Crippen LogP contribution in [-0.2, 0) is 34.8 Å². The van der Waals surface area contributed by atoms with Crippen LogP contribution in [-0.4, -0.2) is 63.0 Å². The largest absolute Gasteiger partial charge is 0.461 e. The Labute approximate surface area is 176 Å². The lowest BCUT2D eigenvalue weighted by Crippen LogP contribution is -2.80. The molecule has 10 nitrogen and oxygen atoms in total. The maximum Gasteiger partial charge on any atom is 0.372 e. The number of hydrogen-bond acceptors (Lipinski definition) is 7. The van der Waals surface area contributed by atoms with Gasteiger partial charge in [0, 0.05) is 25.4 Å². The number of ether oxygens (including phenoxy) is 2. The predicted molar refractivity (Wildman–Crippen MR) is 107 cm³/mol. The molecule has 0 spiro atoms. The van der Waals surface area contributed by atoms with Crippen LogP contribution in [0.4, 0.5) is 0 Å². The number of hydrogen-bond donors (Lipinski definition) is 3. The van der Waals surface area contributed by atoms with Gasteiger partial charge >= 0.3 is 13.6 Å². The Kier molecular flexibility index (Phi) is 6.40. The molecule has 0 saturated carbocycles. The molecule has 162 valence electrons. The third-order valence-corrected chi connectivity index (χ3v) is 7.12. The van der Waals surface area contributed by atoms with E-state index in [-0.39, 0.29) is 24.4 Å². The molecule has 1 fully saturated rings. The number of carbonyl (C=O) groups is 3. The van der Waals surface area contributed by atoms with Crippen LogP contribution in [0, 0.1) is 0 Å². The fraction of sp³-hybridized carbons (Fsp3) is 0.389. The first kappa shape index (κ1) is 22.5. The van der Waals surface area contributed by atoms with Gasteiger partial charge in [-0.2, -0.15) is 0 Å². The van der Waals surface area contributed by atoms with Gasteiger partial charge in [0.2, 0.25) is 5.91 Å². The summed E-state index contributed by atoms with van der Waals surface area (Å²) in [5.41, 5.74) is -1.39. The third-order valence-electron chi connectivity index (χ3n) is 4.66. The number of benzene rings is 1. The van der Waals surface area contributed by atoms with Crippen molar-refractivity contribution in [1.82, 2.24) is 10.2 Å². The van der Waals surface area contributed by atoms with Gasteiger partial charge in [-0.05, 0) is 5.56 Å². The highest BCUT2D eigenvalue weighted by Crippen LogP contribution is 2.58. The van der Waals surface area contributed by atoms with E-state index in [2.05, 4.69) is 5.32 Å². The molecule has 2 heterocycles. The van der Waals surface area contributed by atoms with Gasteiger partial charge in [0.1, 0.15) is 17.4 Å². The number of fused-ring (bicyclic) bond motifs is 1. The van der Waals surface area contributed by atoms with Gasteiger partial charge in [0.25, 0.3) is 11.6 Å². The molecule has 0 radical (unpaired) electrons. The van der Waals surface area contributed by atoms with Crippen molar-refractivity contribution in [2.45, 2.75) is 24.4 Å². The van der Waals surface area contributed by atoms with Crippen molar-refractivity contribution in [2.75, 3.05) is 19.5 Å². The zero-order chi connectivity index (χ0) is 22.1. The second kappa shape index (κ2) is 8.52. The third kappa shape index (κ3) is 4.17. The Hall–Kier alpha value is -2.17. The van der Waals surface area contributed by atoms with Gasteiger partial charge in [0.15, 0.2) is 0 Å². The minimum absolute atomic E-state index is 0.00943. The van der Waals surface area contributed by atoms with Crippen LogP contribution >= 0.6 is 19.4 Å². The average Bonchev–Trinajstić information content (AvgIpc) is 2.69. The zero-order valence-electron chi connectivity index (χ0n) is 16.2. The first-order chi connectivity index (χ1) is 14.1.